The van der Waals surface area contributed by atoms with Gasteiger partial charge in [0, 0.05) is 17.1 Å². The summed E-state index contributed by atoms with van der Waals surface area (Å²) >= 11 is 1.67. The number of rotatable bonds is 6. The first-order chi connectivity index (χ1) is 9.29. The Balaban J connectivity index is 1.89. The van der Waals surface area contributed by atoms with Gasteiger partial charge in [0.2, 0.25) is 0 Å². The maximum atomic E-state index is 10.1. The van der Waals surface area contributed by atoms with Crippen LogP contribution in [0.2, 0.25) is 0 Å². The van der Waals surface area contributed by atoms with E-state index in [1.54, 1.807) is 18.9 Å². The summed E-state index contributed by atoms with van der Waals surface area (Å²) in [6, 6.07) is 17.9. The van der Waals surface area contributed by atoms with Crippen LogP contribution < -0.4 is 4.74 Å². The minimum absolute atomic E-state index is 0.374. The van der Waals surface area contributed by atoms with Crippen LogP contribution in [0.15, 0.2) is 59.5 Å². The fourth-order valence-electron chi connectivity index (χ4n) is 1.89. The van der Waals surface area contributed by atoms with E-state index in [0.29, 0.717) is 12.2 Å². The summed E-state index contributed by atoms with van der Waals surface area (Å²) in [5.41, 5.74) is 1.05. The topological polar surface area (TPSA) is 29.5 Å². The molecule has 1 N–H and O–H groups in total. The van der Waals surface area contributed by atoms with Gasteiger partial charge in [0.25, 0.3) is 0 Å². The van der Waals surface area contributed by atoms with Crippen LogP contribution in [-0.2, 0) is 6.42 Å². The molecule has 2 rings (SSSR count). The van der Waals surface area contributed by atoms with Crippen molar-refractivity contribution in [3.05, 3.63) is 60.2 Å². The van der Waals surface area contributed by atoms with Crippen LogP contribution in [0.25, 0.3) is 0 Å². The van der Waals surface area contributed by atoms with Gasteiger partial charge in [-0.3, -0.25) is 0 Å². The molecular formula is C16H18O2S. The van der Waals surface area contributed by atoms with Crippen LogP contribution in [-0.4, -0.2) is 24.1 Å². The molecule has 0 heterocycles. The Kier molecular flexibility index (Phi) is 5.31. The Morgan fingerprint density at radius 1 is 1.05 bits per heavy atom. The number of methoxy groups -OCH3 is 1. The van der Waals surface area contributed by atoms with Gasteiger partial charge in [-0.25, -0.2) is 0 Å². The van der Waals surface area contributed by atoms with Crippen molar-refractivity contribution in [2.75, 3.05) is 12.9 Å². The molecule has 3 heteroatoms. The summed E-state index contributed by atoms with van der Waals surface area (Å²) in [5.74, 6) is 1.52. The maximum Gasteiger partial charge on any atom is 0.122 e. The number of benzene rings is 2. The largest absolute Gasteiger partial charge is 0.496 e. The lowest BCUT2D eigenvalue weighted by molar-refractivity contribution is 0.199. The first-order valence-electron chi connectivity index (χ1n) is 6.27. The van der Waals surface area contributed by atoms with E-state index in [0.717, 1.165) is 11.3 Å². The number of aliphatic hydroxyl groups excluding tert-OH is 1. The molecule has 0 aliphatic heterocycles. The van der Waals surface area contributed by atoms with Crippen molar-refractivity contribution in [3.8, 4) is 5.75 Å². The van der Waals surface area contributed by atoms with E-state index < -0.39 is 0 Å². The Morgan fingerprint density at radius 2 is 1.74 bits per heavy atom. The average molecular weight is 274 g/mol. The SMILES string of the molecule is COc1ccccc1CC(O)CSc1ccccc1. The van der Waals surface area contributed by atoms with Crippen LogP contribution in [0.4, 0.5) is 0 Å². The van der Waals surface area contributed by atoms with E-state index in [1.807, 2.05) is 42.5 Å². The Bertz CT molecular complexity index is 499. The summed E-state index contributed by atoms with van der Waals surface area (Å²) in [6.45, 7) is 0. The van der Waals surface area contributed by atoms with Crippen molar-refractivity contribution in [2.24, 2.45) is 0 Å². The van der Waals surface area contributed by atoms with E-state index in [4.69, 9.17) is 4.74 Å². The molecular weight excluding hydrogens is 256 g/mol. The molecule has 0 fully saturated rings. The Morgan fingerprint density at radius 3 is 2.47 bits per heavy atom. The monoisotopic (exact) mass is 274 g/mol. The van der Waals surface area contributed by atoms with Gasteiger partial charge in [-0.05, 0) is 23.8 Å². The van der Waals surface area contributed by atoms with Gasteiger partial charge in [-0.15, -0.1) is 11.8 Å². The van der Waals surface area contributed by atoms with E-state index in [-0.39, 0.29) is 6.10 Å². The summed E-state index contributed by atoms with van der Waals surface area (Å²) < 4.78 is 5.29. The maximum absolute atomic E-state index is 10.1. The van der Waals surface area contributed by atoms with Crippen molar-refractivity contribution in [3.63, 3.8) is 0 Å². The second kappa shape index (κ2) is 7.22. The molecule has 2 nitrogen and oxygen atoms in total. The van der Waals surface area contributed by atoms with Gasteiger partial charge >= 0.3 is 0 Å². The number of aliphatic hydroxyl groups is 1. The zero-order chi connectivity index (χ0) is 13.5. The second-order valence-corrected chi connectivity index (χ2v) is 5.39. The second-order valence-electron chi connectivity index (χ2n) is 4.29. The van der Waals surface area contributed by atoms with Crippen LogP contribution in [0.5, 0.6) is 5.75 Å². The first-order valence-corrected chi connectivity index (χ1v) is 7.26. The summed E-state index contributed by atoms with van der Waals surface area (Å²) in [7, 11) is 1.66. The van der Waals surface area contributed by atoms with Crippen molar-refractivity contribution in [1.29, 1.82) is 0 Å². The highest BCUT2D eigenvalue weighted by atomic mass is 32.2. The third-order valence-electron chi connectivity index (χ3n) is 2.83. The third-order valence-corrected chi connectivity index (χ3v) is 3.99. The predicted molar refractivity (Wildman–Crippen MR) is 79.9 cm³/mol. The van der Waals surface area contributed by atoms with Gasteiger partial charge in [-0.2, -0.15) is 0 Å². The van der Waals surface area contributed by atoms with Crippen molar-refractivity contribution in [1.82, 2.24) is 0 Å². The van der Waals surface area contributed by atoms with E-state index in [1.165, 1.54) is 4.90 Å². The molecule has 1 atom stereocenters. The quantitative estimate of drug-likeness (QED) is 0.819. The molecule has 100 valence electrons. The van der Waals surface area contributed by atoms with Crippen LogP contribution >= 0.6 is 11.8 Å². The minimum atomic E-state index is -0.374. The standard InChI is InChI=1S/C16H18O2S/c1-18-16-10-6-5-7-13(16)11-14(17)12-19-15-8-3-2-4-9-15/h2-10,14,17H,11-12H2,1H3. The Hall–Kier alpha value is -1.45. The molecule has 0 radical (unpaired) electrons. The number of hydrogen-bond acceptors (Lipinski definition) is 3. The highest BCUT2D eigenvalue weighted by molar-refractivity contribution is 7.99. The van der Waals surface area contributed by atoms with Crippen molar-refractivity contribution < 1.29 is 9.84 Å². The fraction of sp³-hybridized carbons (Fsp3) is 0.250. The summed E-state index contributed by atoms with van der Waals surface area (Å²) in [6.07, 6.45) is 0.241. The number of thioether (sulfide) groups is 1. The summed E-state index contributed by atoms with van der Waals surface area (Å²) in [5, 5.41) is 10.1. The molecule has 0 amide bonds. The van der Waals surface area contributed by atoms with E-state index in [2.05, 4.69) is 12.1 Å². The smallest absolute Gasteiger partial charge is 0.122 e. The minimum Gasteiger partial charge on any atom is -0.496 e. The average Bonchev–Trinajstić information content (AvgIpc) is 2.47. The van der Waals surface area contributed by atoms with Gasteiger partial charge in [0.15, 0.2) is 0 Å². The molecule has 0 aliphatic rings. The van der Waals surface area contributed by atoms with Gasteiger partial charge in [0.05, 0.1) is 13.2 Å². The van der Waals surface area contributed by atoms with Crippen molar-refractivity contribution >= 4 is 11.8 Å². The zero-order valence-electron chi connectivity index (χ0n) is 11.0. The molecule has 0 bridgehead atoms. The van der Waals surface area contributed by atoms with E-state index in [9.17, 15) is 5.11 Å². The van der Waals surface area contributed by atoms with E-state index >= 15 is 0 Å². The lowest BCUT2D eigenvalue weighted by Gasteiger charge is -2.13. The lowest BCUT2D eigenvalue weighted by atomic mass is 10.1. The van der Waals surface area contributed by atoms with Crippen LogP contribution in [0.1, 0.15) is 5.56 Å². The first kappa shape index (κ1) is 14.0. The number of hydrogen-bond donors (Lipinski definition) is 1. The lowest BCUT2D eigenvalue weighted by Crippen LogP contribution is -2.14. The van der Waals surface area contributed by atoms with Gasteiger partial charge in [0.1, 0.15) is 5.75 Å². The molecule has 2 aromatic rings. The molecule has 2 aromatic carbocycles. The van der Waals surface area contributed by atoms with Gasteiger partial charge in [-0.1, -0.05) is 36.4 Å². The van der Waals surface area contributed by atoms with Crippen LogP contribution in [0, 0.1) is 0 Å². The zero-order valence-corrected chi connectivity index (χ0v) is 11.8. The molecule has 1 unspecified atom stereocenters. The van der Waals surface area contributed by atoms with Crippen LogP contribution in [0.3, 0.4) is 0 Å². The number of ether oxygens (including phenoxy) is 1. The van der Waals surface area contributed by atoms with Gasteiger partial charge < -0.3 is 9.84 Å². The predicted octanol–water partition coefficient (Wildman–Crippen LogP) is 3.39. The highest BCUT2D eigenvalue weighted by Gasteiger charge is 2.09. The normalized spacial score (nSPS) is 12.1. The highest BCUT2D eigenvalue weighted by Crippen LogP contribution is 2.22. The third kappa shape index (κ3) is 4.30. The molecule has 0 saturated carbocycles. The van der Waals surface area contributed by atoms with Crippen molar-refractivity contribution in [2.45, 2.75) is 17.4 Å². The summed E-state index contributed by atoms with van der Waals surface area (Å²) in [4.78, 5) is 1.18. The number of para-hydroxylation sites is 1. The molecule has 19 heavy (non-hydrogen) atoms. The fourth-order valence-corrected chi connectivity index (χ4v) is 2.75. The molecule has 0 aliphatic carbocycles. The molecule has 0 saturated heterocycles. The Labute approximate surface area is 118 Å². The molecule has 0 aromatic heterocycles. The molecule has 0 spiro atoms.